The van der Waals surface area contributed by atoms with Crippen molar-refractivity contribution in [3.8, 4) is 0 Å². The molecule has 16 heavy (non-hydrogen) atoms. The van der Waals surface area contributed by atoms with Crippen LogP contribution in [0.4, 0.5) is 0 Å². The van der Waals surface area contributed by atoms with Crippen LogP contribution >= 0.6 is 0 Å². The third kappa shape index (κ3) is 6.89. The van der Waals surface area contributed by atoms with Crippen LogP contribution in [0.2, 0.25) is 0 Å². The summed E-state index contributed by atoms with van der Waals surface area (Å²) in [7, 11) is 0. The number of hydrogen-bond acceptors (Lipinski definition) is 5. The van der Waals surface area contributed by atoms with Gasteiger partial charge >= 0.3 is 5.97 Å². The summed E-state index contributed by atoms with van der Waals surface area (Å²) in [5.41, 5.74) is 0.199. The van der Waals surface area contributed by atoms with E-state index in [2.05, 4.69) is 4.74 Å². The van der Waals surface area contributed by atoms with Gasteiger partial charge in [0.25, 0.3) is 0 Å². The van der Waals surface area contributed by atoms with Gasteiger partial charge in [-0.05, 0) is 19.4 Å². The lowest BCUT2D eigenvalue weighted by atomic mass is 10.1. The van der Waals surface area contributed by atoms with Crippen LogP contribution in [0.25, 0.3) is 0 Å². The van der Waals surface area contributed by atoms with Gasteiger partial charge in [-0.1, -0.05) is 0 Å². The molecule has 0 aromatic heterocycles. The van der Waals surface area contributed by atoms with Gasteiger partial charge in [0.2, 0.25) is 0 Å². The molecule has 90 valence electrons. The van der Waals surface area contributed by atoms with Gasteiger partial charge in [0.15, 0.2) is 5.78 Å². The molecule has 0 fully saturated rings. The maximum absolute atomic E-state index is 11.3. The van der Waals surface area contributed by atoms with Crippen molar-refractivity contribution in [2.24, 2.45) is 0 Å². The van der Waals surface area contributed by atoms with E-state index < -0.39 is 5.97 Å². The summed E-state index contributed by atoms with van der Waals surface area (Å²) in [6.45, 7) is 1.15. The lowest BCUT2D eigenvalue weighted by molar-refractivity contribution is -0.140. The molecule has 0 aromatic carbocycles. The van der Waals surface area contributed by atoms with E-state index >= 15 is 0 Å². The van der Waals surface area contributed by atoms with Crippen molar-refractivity contribution in [1.29, 1.82) is 0 Å². The molecule has 5 nitrogen and oxygen atoms in total. The van der Waals surface area contributed by atoms with Crippen molar-refractivity contribution in [3.63, 3.8) is 0 Å². The number of hydrogen-bond donors (Lipinski definition) is 1. The first-order chi connectivity index (χ1) is 7.61. The van der Waals surface area contributed by atoms with Gasteiger partial charge in [0.05, 0.1) is 6.61 Å². The van der Waals surface area contributed by atoms with Gasteiger partial charge in [-0.2, -0.15) is 0 Å². The maximum Gasteiger partial charge on any atom is 0.333 e. The summed E-state index contributed by atoms with van der Waals surface area (Å²) in [4.78, 5) is 32.4. The number of aliphatic hydroxyl groups is 1. The van der Waals surface area contributed by atoms with Gasteiger partial charge in [0, 0.05) is 18.4 Å². The van der Waals surface area contributed by atoms with Gasteiger partial charge < -0.3 is 14.6 Å². The minimum Gasteiger partial charge on any atom is -0.460 e. The molecular weight excluding hydrogens is 212 g/mol. The summed E-state index contributed by atoms with van der Waals surface area (Å²) >= 11 is 0. The highest BCUT2D eigenvalue weighted by atomic mass is 16.5. The first kappa shape index (κ1) is 14.5. The van der Waals surface area contributed by atoms with E-state index in [9.17, 15) is 14.4 Å². The second-order valence-electron chi connectivity index (χ2n) is 3.21. The number of esters is 1. The number of carbonyl (C=O) groups excluding carboxylic acids is 3. The first-order valence-corrected chi connectivity index (χ1v) is 5.04. The SMILES string of the molecule is CC(=CC(=O)CCCC=O)C(=O)OCCO. The average molecular weight is 228 g/mol. The number of aliphatic hydroxyl groups excluding tert-OH is 1. The highest BCUT2D eigenvalue weighted by Gasteiger charge is 2.07. The second kappa shape index (κ2) is 8.79. The Balaban J connectivity index is 4.03. The van der Waals surface area contributed by atoms with Crippen LogP contribution in [0, 0.1) is 0 Å². The molecule has 0 saturated carbocycles. The Morgan fingerprint density at radius 3 is 2.62 bits per heavy atom. The minimum atomic E-state index is -0.613. The molecule has 0 saturated heterocycles. The van der Waals surface area contributed by atoms with Crippen molar-refractivity contribution < 1.29 is 24.2 Å². The van der Waals surface area contributed by atoms with Crippen LogP contribution in [0.3, 0.4) is 0 Å². The quantitative estimate of drug-likeness (QED) is 0.281. The number of ether oxygens (including phenoxy) is 1. The smallest absolute Gasteiger partial charge is 0.333 e. The number of ketones is 1. The molecule has 0 spiro atoms. The molecule has 0 aliphatic rings. The van der Waals surface area contributed by atoms with E-state index in [4.69, 9.17) is 5.11 Å². The van der Waals surface area contributed by atoms with Crippen molar-refractivity contribution in [2.45, 2.75) is 26.2 Å². The molecular formula is C11H16O5. The third-order valence-electron chi connectivity index (χ3n) is 1.77. The van der Waals surface area contributed by atoms with Gasteiger partial charge in [-0.3, -0.25) is 4.79 Å². The Hall–Kier alpha value is -1.49. The van der Waals surface area contributed by atoms with E-state index in [1.807, 2.05) is 0 Å². The molecule has 0 aliphatic carbocycles. The molecule has 0 rings (SSSR count). The fourth-order valence-corrected chi connectivity index (χ4v) is 0.984. The zero-order valence-electron chi connectivity index (χ0n) is 9.27. The Kier molecular flexibility index (Phi) is 7.97. The minimum absolute atomic E-state index is 0.0800. The third-order valence-corrected chi connectivity index (χ3v) is 1.77. The standard InChI is InChI=1S/C11H16O5/c1-9(11(15)16-7-6-13)8-10(14)4-2-3-5-12/h5,8,13H,2-4,6-7H2,1H3. The number of allylic oxidation sites excluding steroid dienone is 1. The fourth-order valence-electron chi connectivity index (χ4n) is 0.984. The number of aldehydes is 1. The van der Waals surface area contributed by atoms with E-state index in [0.717, 1.165) is 6.29 Å². The van der Waals surface area contributed by atoms with E-state index in [1.165, 1.54) is 13.0 Å². The largest absolute Gasteiger partial charge is 0.460 e. The molecule has 0 aliphatic heterocycles. The van der Waals surface area contributed by atoms with Crippen LogP contribution in [-0.4, -0.2) is 36.4 Å². The van der Waals surface area contributed by atoms with Crippen LogP contribution in [-0.2, 0) is 19.1 Å². The number of carbonyl (C=O) groups is 3. The van der Waals surface area contributed by atoms with Crippen LogP contribution in [0.5, 0.6) is 0 Å². The predicted molar refractivity (Wildman–Crippen MR) is 56.7 cm³/mol. The van der Waals surface area contributed by atoms with E-state index in [0.29, 0.717) is 12.8 Å². The molecule has 0 amide bonds. The molecule has 0 radical (unpaired) electrons. The Labute approximate surface area is 94.1 Å². The second-order valence-corrected chi connectivity index (χ2v) is 3.21. The molecule has 0 bridgehead atoms. The summed E-state index contributed by atoms with van der Waals surface area (Å²) in [5.74, 6) is -0.821. The van der Waals surface area contributed by atoms with Crippen LogP contribution in [0.15, 0.2) is 11.6 Å². The summed E-state index contributed by atoms with van der Waals surface area (Å²) in [6.07, 6.45) is 3.01. The van der Waals surface area contributed by atoms with E-state index in [-0.39, 0.29) is 31.0 Å². The molecule has 0 aromatic rings. The summed E-state index contributed by atoms with van der Waals surface area (Å²) < 4.78 is 4.61. The van der Waals surface area contributed by atoms with Crippen molar-refractivity contribution in [3.05, 3.63) is 11.6 Å². The van der Waals surface area contributed by atoms with Gasteiger partial charge in [-0.25, -0.2) is 4.79 Å². The molecule has 0 unspecified atom stereocenters. The lowest BCUT2D eigenvalue weighted by Crippen LogP contribution is -2.10. The highest BCUT2D eigenvalue weighted by molar-refractivity contribution is 5.99. The normalized spacial score (nSPS) is 11.0. The van der Waals surface area contributed by atoms with Crippen molar-refractivity contribution in [1.82, 2.24) is 0 Å². The fraction of sp³-hybridized carbons (Fsp3) is 0.545. The number of unbranched alkanes of at least 4 members (excludes halogenated alkanes) is 1. The van der Waals surface area contributed by atoms with Crippen LogP contribution < -0.4 is 0 Å². The Morgan fingerprint density at radius 1 is 1.38 bits per heavy atom. The summed E-state index contributed by atoms with van der Waals surface area (Å²) in [6, 6.07) is 0. The monoisotopic (exact) mass is 228 g/mol. The average Bonchev–Trinajstić information content (AvgIpc) is 2.26. The zero-order chi connectivity index (χ0) is 12.4. The van der Waals surface area contributed by atoms with Crippen molar-refractivity contribution in [2.75, 3.05) is 13.2 Å². The predicted octanol–water partition coefficient (Wildman–Crippen LogP) is 0.407. The Morgan fingerprint density at radius 2 is 2.06 bits per heavy atom. The maximum atomic E-state index is 11.3. The zero-order valence-corrected chi connectivity index (χ0v) is 9.27. The Bertz CT molecular complexity index is 280. The first-order valence-electron chi connectivity index (χ1n) is 5.04. The van der Waals surface area contributed by atoms with Gasteiger partial charge in [-0.15, -0.1) is 0 Å². The molecule has 0 heterocycles. The van der Waals surface area contributed by atoms with Crippen molar-refractivity contribution >= 4 is 18.0 Å². The molecule has 5 heteroatoms. The number of rotatable bonds is 8. The van der Waals surface area contributed by atoms with Crippen LogP contribution in [0.1, 0.15) is 26.2 Å². The van der Waals surface area contributed by atoms with E-state index in [1.54, 1.807) is 0 Å². The highest BCUT2D eigenvalue weighted by Crippen LogP contribution is 2.01. The lowest BCUT2D eigenvalue weighted by Gasteiger charge is -2.02. The summed E-state index contributed by atoms with van der Waals surface area (Å²) in [5, 5.41) is 8.43. The molecule has 1 N–H and O–H groups in total. The van der Waals surface area contributed by atoms with Gasteiger partial charge in [0.1, 0.15) is 12.9 Å². The molecule has 0 atom stereocenters. The topological polar surface area (TPSA) is 80.7 Å².